The van der Waals surface area contributed by atoms with E-state index < -0.39 is 15.9 Å². The number of benzene rings is 1. The number of sulfonamides is 1. The first-order valence-electron chi connectivity index (χ1n) is 12.5. The zero-order chi connectivity index (χ0) is 23.7. The number of carbonyl (C=O) groups excluding carboxylic acids is 2. The fourth-order valence-electron chi connectivity index (χ4n) is 5.66. The number of carbonyl (C=O) groups is 2. The van der Waals surface area contributed by atoms with E-state index in [0.29, 0.717) is 38.5 Å². The van der Waals surface area contributed by atoms with Crippen molar-refractivity contribution in [3.05, 3.63) is 18.2 Å². The first-order valence-corrected chi connectivity index (χ1v) is 13.9. The van der Waals surface area contributed by atoms with Crippen molar-refractivity contribution in [3.8, 4) is 0 Å². The summed E-state index contributed by atoms with van der Waals surface area (Å²) in [6, 6.07) is 5.28. The molecule has 0 unspecified atom stereocenters. The Balaban J connectivity index is 1.38. The van der Waals surface area contributed by atoms with Crippen molar-refractivity contribution in [2.75, 3.05) is 56.2 Å². The van der Waals surface area contributed by atoms with Gasteiger partial charge in [-0.1, -0.05) is 12.8 Å². The number of morpholine rings is 1. The SMILES string of the molecule is O=C(Nc1cc(S(=O)(=O)N2CCOCC2)ccc1N1CCCC1)[C@H]1CC(=O)N(C2CCCC2)C1. The van der Waals surface area contributed by atoms with Crippen molar-refractivity contribution >= 4 is 33.2 Å². The van der Waals surface area contributed by atoms with Crippen LogP contribution in [0.15, 0.2) is 23.1 Å². The van der Waals surface area contributed by atoms with Crippen molar-refractivity contribution in [3.63, 3.8) is 0 Å². The third-order valence-corrected chi connectivity index (χ3v) is 9.47. The van der Waals surface area contributed by atoms with Crippen molar-refractivity contribution in [1.29, 1.82) is 0 Å². The van der Waals surface area contributed by atoms with E-state index in [9.17, 15) is 18.0 Å². The van der Waals surface area contributed by atoms with Gasteiger partial charge in [0, 0.05) is 45.2 Å². The number of nitrogens with one attached hydrogen (secondary N) is 1. The van der Waals surface area contributed by atoms with Crippen LogP contribution in [-0.2, 0) is 24.3 Å². The Hall–Kier alpha value is -2.17. The molecule has 5 rings (SSSR count). The summed E-state index contributed by atoms with van der Waals surface area (Å²) in [4.78, 5) is 30.1. The van der Waals surface area contributed by atoms with Crippen LogP contribution in [-0.4, -0.2) is 81.4 Å². The molecule has 1 N–H and O–H groups in total. The number of ether oxygens (including phenoxy) is 1. The quantitative estimate of drug-likeness (QED) is 0.655. The van der Waals surface area contributed by atoms with Crippen LogP contribution in [0.3, 0.4) is 0 Å². The van der Waals surface area contributed by atoms with Gasteiger partial charge in [0.15, 0.2) is 0 Å². The maximum atomic E-state index is 13.3. The Morgan fingerprint density at radius 1 is 1.00 bits per heavy atom. The van der Waals surface area contributed by atoms with Crippen LogP contribution in [0, 0.1) is 5.92 Å². The summed E-state index contributed by atoms with van der Waals surface area (Å²) in [7, 11) is -3.69. The molecule has 34 heavy (non-hydrogen) atoms. The first kappa shape index (κ1) is 23.6. The average molecular weight is 491 g/mol. The normalized spacial score (nSPS) is 24.8. The van der Waals surface area contributed by atoms with Gasteiger partial charge in [0.2, 0.25) is 21.8 Å². The monoisotopic (exact) mass is 490 g/mol. The Morgan fingerprint density at radius 2 is 1.71 bits per heavy atom. The van der Waals surface area contributed by atoms with Crippen LogP contribution >= 0.6 is 0 Å². The summed E-state index contributed by atoms with van der Waals surface area (Å²) in [5, 5.41) is 3.01. The molecule has 1 atom stereocenters. The van der Waals surface area contributed by atoms with Crippen LogP contribution in [0.1, 0.15) is 44.9 Å². The zero-order valence-electron chi connectivity index (χ0n) is 19.6. The number of nitrogens with zero attached hydrogens (tertiary/aromatic N) is 3. The molecule has 3 aliphatic heterocycles. The lowest BCUT2D eigenvalue weighted by atomic mass is 10.1. The lowest BCUT2D eigenvalue weighted by molar-refractivity contribution is -0.129. The van der Waals surface area contributed by atoms with Gasteiger partial charge in [0.1, 0.15) is 0 Å². The molecule has 0 spiro atoms. The second kappa shape index (κ2) is 9.83. The van der Waals surface area contributed by atoms with Gasteiger partial charge in [-0.2, -0.15) is 4.31 Å². The summed E-state index contributed by atoms with van der Waals surface area (Å²) in [5.41, 5.74) is 1.34. The summed E-state index contributed by atoms with van der Waals surface area (Å²) in [6.07, 6.45) is 6.64. The van der Waals surface area contributed by atoms with Crippen LogP contribution in [0.25, 0.3) is 0 Å². The second-order valence-corrected chi connectivity index (χ2v) is 11.7. The standard InChI is InChI=1S/C24H34N4O5S/c29-23-15-18(17-28(23)19-5-1-2-6-19)24(30)25-21-16-20(7-8-22(21)26-9-3-4-10-26)34(31,32)27-11-13-33-14-12-27/h7-8,16,18-19H,1-6,9-15,17H2,(H,25,30)/t18-/m0/s1. The van der Waals surface area contributed by atoms with Gasteiger partial charge in [0.25, 0.3) is 0 Å². The lowest BCUT2D eigenvalue weighted by Gasteiger charge is -2.27. The Kier molecular flexibility index (Phi) is 6.81. The number of amides is 2. The fraction of sp³-hybridized carbons (Fsp3) is 0.667. The predicted molar refractivity (Wildman–Crippen MR) is 128 cm³/mol. The van der Waals surface area contributed by atoms with Crippen molar-refractivity contribution < 1.29 is 22.7 Å². The summed E-state index contributed by atoms with van der Waals surface area (Å²) >= 11 is 0. The molecular formula is C24H34N4O5S. The molecule has 3 saturated heterocycles. The molecule has 1 aliphatic carbocycles. The van der Waals surface area contributed by atoms with Gasteiger partial charge in [-0.25, -0.2) is 8.42 Å². The third-order valence-electron chi connectivity index (χ3n) is 7.58. The molecule has 1 aromatic rings. The number of hydrogen-bond donors (Lipinski definition) is 1. The van der Waals surface area contributed by atoms with Gasteiger partial charge in [0.05, 0.1) is 35.4 Å². The fourth-order valence-corrected chi connectivity index (χ4v) is 7.09. The number of hydrogen-bond acceptors (Lipinski definition) is 6. The summed E-state index contributed by atoms with van der Waals surface area (Å²) in [6.45, 7) is 3.58. The lowest BCUT2D eigenvalue weighted by Crippen LogP contribution is -2.40. The molecule has 2 amide bonds. The molecule has 0 aromatic heterocycles. The molecule has 186 valence electrons. The van der Waals surface area contributed by atoms with E-state index >= 15 is 0 Å². The van der Waals surface area contributed by atoms with Crippen molar-refractivity contribution in [1.82, 2.24) is 9.21 Å². The second-order valence-electron chi connectivity index (χ2n) is 9.76. The minimum atomic E-state index is -3.69. The molecule has 0 radical (unpaired) electrons. The van der Waals surface area contributed by atoms with E-state index in [-0.39, 0.29) is 29.2 Å². The van der Waals surface area contributed by atoms with Crippen LogP contribution < -0.4 is 10.2 Å². The Morgan fingerprint density at radius 3 is 2.41 bits per heavy atom. The maximum absolute atomic E-state index is 13.3. The molecule has 0 bridgehead atoms. The van der Waals surface area contributed by atoms with Crippen molar-refractivity contribution in [2.24, 2.45) is 5.92 Å². The number of rotatable bonds is 6. The van der Waals surface area contributed by atoms with Crippen LogP contribution in [0.5, 0.6) is 0 Å². The van der Waals surface area contributed by atoms with E-state index in [2.05, 4.69) is 10.2 Å². The molecule has 4 fully saturated rings. The molecule has 3 heterocycles. The van der Waals surface area contributed by atoms with Crippen LogP contribution in [0.2, 0.25) is 0 Å². The van der Waals surface area contributed by atoms with E-state index in [1.165, 1.54) is 4.31 Å². The number of likely N-dealkylation sites (tertiary alicyclic amines) is 1. The highest BCUT2D eigenvalue weighted by Gasteiger charge is 2.39. The molecule has 1 aromatic carbocycles. The minimum Gasteiger partial charge on any atom is -0.379 e. The molecular weight excluding hydrogens is 456 g/mol. The van der Waals surface area contributed by atoms with E-state index in [1.807, 2.05) is 4.90 Å². The van der Waals surface area contributed by atoms with E-state index in [1.54, 1.807) is 18.2 Å². The number of anilines is 2. The summed E-state index contributed by atoms with van der Waals surface area (Å²) < 4.78 is 33.2. The van der Waals surface area contributed by atoms with Gasteiger partial charge in [-0.05, 0) is 43.9 Å². The summed E-state index contributed by atoms with van der Waals surface area (Å²) in [5.74, 6) is -0.579. The zero-order valence-corrected chi connectivity index (χ0v) is 20.4. The maximum Gasteiger partial charge on any atom is 0.243 e. The highest BCUT2D eigenvalue weighted by Crippen LogP contribution is 2.34. The van der Waals surface area contributed by atoms with Crippen LogP contribution in [0.4, 0.5) is 11.4 Å². The highest BCUT2D eigenvalue weighted by molar-refractivity contribution is 7.89. The topological polar surface area (TPSA) is 99.3 Å². The van der Waals surface area contributed by atoms with Gasteiger partial charge < -0.3 is 19.9 Å². The van der Waals surface area contributed by atoms with Gasteiger partial charge >= 0.3 is 0 Å². The van der Waals surface area contributed by atoms with E-state index in [4.69, 9.17) is 4.74 Å². The third kappa shape index (κ3) is 4.67. The van der Waals surface area contributed by atoms with Gasteiger partial charge in [-0.3, -0.25) is 9.59 Å². The molecule has 4 aliphatic rings. The molecule has 10 heteroatoms. The molecule has 9 nitrogen and oxygen atoms in total. The first-order chi connectivity index (χ1) is 16.4. The molecule has 1 saturated carbocycles. The van der Waals surface area contributed by atoms with E-state index in [0.717, 1.165) is 57.3 Å². The predicted octanol–water partition coefficient (Wildman–Crippen LogP) is 2.04. The highest BCUT2D eigenvalue weighted by atomic mass is 32.2. The Labute approximate surface area is 201 Å². The van der Waals surface area contributed by atoms with Crippen molar-refractivity contribution in [2.45, 2.75) is 55.9 Å². The Bertz CT molecular complexity index is 1030. The smallest absolute Gasteiger partial charge is 0.243 e. The average Bonchev–Trinajstić information content (AvgIpc) is 3.61. The minimum absolute atomic E-state index is 0.0514. The largest absolute Gasteiger partial charge is 0.379 e. The van der Waals surface area contributed by atoms with Gasteiger partial charge in [-0.15, -0.1) is 0 Å².